The minimum Gasteiger partial charge on any atom is -0.390 e. The highest BCUT2D eigenvalue weighted by atomic mass is 35.5. The van der Waals surface area contributed by atoms with Gasteiger partial charge in [-0.3, -0.25) is 4.90 Å². The molecule has 0 bridgehead atoms. The molecule has 0 saturated carbocycles. The number of hydrogen-bond donors (Lipinski definition) is 0. The van der Waals surface area contributed by atoms with Gasteiger partial charge in [0.25, 0.3) is 0 Å². The Morgan fingerprint density at radius 2 is 2.12 bits per heavy atom. The molecule has 2 rings (SSSR count). The third-order valence-corrected chi connectivity index (χ3v) is 2.62. The van der Waals surface area contributed by atoms with E-state index in [0.717, 1.165) is 32.8 Å². The summed E-state index contributed by atoms with van der Waals surface area (Å²) in [7, 11) is 0. The van der Waals surface area contributed by atoms with Crippen LogP contribution in [0, 0.1) is 10.1 Å². The molecule has 1 saturated heterocycles. The van der Waals surface area contributed by atoms with Gasteiger partial charge in [-0.25, -0.2) is 4.57 Å². The summed E-state index contributed by atoms with van der Waals surface area (Å²) in [6.07, 6.45) is 3.09. The van der Waals surface area contributed by atoms with E-state index in [1.165, 1.54) is 6.20 Å². The lowest BCUT2D eigenvalue weighted by Crippen LogP contribution is -2.38. The quantitative estimate of drug-likeness (QED) is 0.585. The molecule has 7 nitrogen and oxygen atoms in total. The zero-order valence-corrected chi connectivity index (χ0v) is 10.1. The van der Waals surface area contributed by atoms with E-state index >= 15 is 0 Å². The molecule has 0 aliphatic carbocycles. The zero-order chi connectivity index (χ0) is 11.4. The molecule has 96 valence electrons. The van der Waals surface area contributed by atoms with Gasteiger partial charge < -0.3 is 14.9 Å². The number of rotatable bonds is 4. The standard InChI is InChI=1S/C9H14N4O3.ClH/c14-13(15)9-10-1-2-12(9)4-3-11-5-7-16-8-6-11;/h1-2H,3-8H2;1H. The molecule has 1 aliphatic heterocycles. The average molecular weight is 263 g/mol. The number of aromatic nitrogens is 2. The monoisotopic (exact) mass is 262 g/mol. The summed E-state index contributed by atoms with van der Waals surface area (Å²) in [4.78, 5) is 16.1. The van der Waals surface area contributed by atoms with Crippen LogP contribution in [0.5, 0.6) is 0 Å². The lowest BCUT2D eigenvalue weighted by atomic mass is 10.4. The highest BCUT2D eigenvalue weighted by molar-refractivity contribution is 5.85. The third-order valence-electron chi connectivity index (χ3n) is 2.62. The Hall–Kier alpha value is -1.18. The van der Waals surface area contributed by atoms with Crippen LogP contribution < -0.4 is 0 Å². The van der Waals surface area contributed by atoms with Crippen LogP contribution in [0.15, 0.2) is 12.4 Å². The van der Waals surface area contributed by atoms with E-state index in [1.54, 1.807) is 10.8 Å². The summed E-state index contributed by atoms with van der Waals surface area (Å²) < 4.78 is 6.79. The van der Waals surface area contributed by atoms with Crippen LogP contribution in [0.4, 0.5) is 5.95 Å². The normalized spacial score (nSPS) is 16.5. The van der Waals surface area contributed by atoms with Gasteiger partial charge in [0.15, 0.2) is 0 Å². The summed E-state index contributed by atoms with van der Waals surface area (Å²) in [5.74, 6) is -0.0896. The number of nitro groups is 1. The predicted octanol–water partition coefficient (Wildman–Crippen LogP) is 0.545. The Kier molecular flexibility index (Phi) is 5.33. The fourth-order valence-electron chi connectivity index (χ4n) is 1.72. The second kappa shape index (κ2) is 6.53. The first-order valence-electron chi connectivity index (χ1n) is 5.23. The maximum absolute atomic E-state index is 10.6. The number of nitrogens with zero attached hydrogens (tertiary/aromatic N) is 4. The number of ether oxygens (including phenoxy) is 1. The van der Waals surface area contributed by atoms with E-state index in [0.29, 0.717) is 6.54 Å². The molecule has 0 atom stereocenters. The van der Waals surface area contributed by atoms with Crippen molar-refractivity contribution < 1.29 is 9.66 Å². The van der Waals surface area contributed by atoms with Gasteiger partial charge in [0.2, 0.25) is 0 Å². The molecule has 1 fully saturated rings. The van der Waals surface area contributed by atoms with Crippen LogP contribution in [-0.2, 0) is 11.3 Å². The topological polar surface area (TPSA) is 73.4 Å². The van der Waals surface area contributed by atoms with Crippen LogP contribution >= 0.6 is 12.4 Å². The predicted molar refractivity (Wildman–Crippen MR) is 63.4 cm³/mol. The van der Waals surface area contributed by atoms with E-state index in [9.17, 15) is 10.1 Å². The maximum Gasteiger partial charge on any atom is 0.434 e. The van der Waals surface area contributed by atoms with Gasteiger partial charge in [0, 0.05) is 19.6 Å². The molecular formula is C9H15ClN4O3. The first kappa shape index (κ1) is 13.9. The second-order valence-corrected chi connectivity index (χ2v) is 3.63. The lowest BCUT2D eigenvalue weighted by Gasteiger charge is -2.25. The Morgan fingerprint density at radius 1 is 1.41 bits per heavy atom. The van der Waals surface area contributed by atoms with Crippen molar-refractivity contribution in [3.05, 3.63) is 22.5 Å². The summed E-state index contributed by atoms with van der Waals surface area (Å²) in [6, 6.07) is 0. The first-order valence-corrected chi connectivity index (χ1v) is 5.23. The third kappa shape index (κ3) is 3.65. The minimum atomic E-state index is -0.459. The smallest absolute Gasteiger partial charge is 0.390 e. The first-order chi connectivity index (χ1) is 7.77. The Bertz CT molecular complexity index is 365. The fraction of sp³-hybridized carbons (Fsp3) is 0.667. The molecule has 0 radical (unpaired) electrons. The van der Waals surface area contributed by atoms with Crippen LogP contribution in [0.2, 0.25) is 0 Å². The van der Waals surface area contributed by atoms with Crippen molar-refractivity contribution in [2.24, 2.45) is 0 Å². The number of imidazole rings is 1. The molecule has 0 amide bonds. The zero-order valence-electron chi connectivity index (χ0n) is 9.32. The molecule has 0 spiro atoms. The van der Waals surface area contributed by atoms with Crippen molar-refractivity contribution in [1.82, 2.24) is 14.5 Å². The van der Waals surface area contributed by atoms with E-state index in [-0.39, 0.29) is 18.4 Å². The van der Waals surface area contributed by atoms with Crippen molar-refractivity contribution >= 4 is 18.4 Å². The summed E-state index contributed by atoms with van der Waals surface area (Å²) in [5.41, 5.74) is 0. The number of morpholine rings is 1. The second-order valence-electron chi connectivity index (χ2n) is 3.63. The van der Waals surface area contributed by atoms with Crippen molar-refractivity contribution in [3.63, 3.8) is 0 Å². The molecule has 2 heterocycles. The molecule has 1 aromatic heterocycles. The Labute approximate surface area is 105 Å². The van der Waals surface area contributed by atoms with E-state index in [4.69, 9.17) is 4.74 Å². The fourth-order valence-corrected chi connectivity index (χ4v) is 1.72. The van der Waals surface area contributed by atoms with Gasteiger partial charge in [0.05, 0.1) is 19.8 Å². The van der Waals surface area contributed by atoms with Gasteiger partial charge in [-0.05, 0) is 4.92 Å². The molecule has 17 heavy (non-hydrogen) atoms. The van der Waals surface area contributed by atoms with E-state index in [2.05, 4.69) is 9.88 Å². The Balaban J connectivity index is 0.00000144. The van der Waals surface area contributed by atoms with Crippen LogP contribution in [0.25, 0.3) is 0 Å². The lowest BCUT2D eigenvalue weighted by molar-refractivity contribution is -0.396. The van der Waals surface area contributed by atoms with Crippen molar-refractivity contribution in [2.45, 2.75) is 6.54 Å². The van der Waals surface area contributed by atoms with Crippen molar-refractivity contribution in [1.29, 1.82) is 0 Å². The summed E-state index contributed by atoms with van der Waals surface area (Å²) in [5, 5.41) is 10.6. The van der Waals surface area contributed by atoms with E-state index in [1.807, 2.05) is 0 Å². The van der Waals surface area contributed by atoms with Crippen molar-refractivity contribution in [3.8, 4) is 0 Å². The molecule has 1 aliphatic rings. The molecule has 0 unspecified atom stereocenters. The SMILES string of the molecule is Cl.O=[N+]([O-])c1nccn1CCN1CCOCC1. The maximum atomic E-state index is 10.6. The van der Waals surface area contributed by atoms with Gasteiger partial charge in [-0.1, -0.05) is 4.98 Å². The van der Waals surface area contributed by atoms with Crippen LogP contribution in [0.3, 0.4) is 0 Å². The minimum absolute atomic E-state index is 0. The molecule has 0 N–H and O–H groups in total. The highest BCUT2D eigenvalue weighted by Gasteiger charge is 2.16. The molecule has 0 aromatic carbocycles. The van der Waals surface area contributed by atoms with Crippen LogP contribution in [-0.4, -0.2) is 52.2 Å². The Morgan fingerprint density at radius 3 is 2.76 bits per heavy atom. The van der Waals surface area contributed by atoms with Gasteiger partial charge >= 0.3 is 5.95 Å². The van der Waals surface area contributed by atoms with Gasteiger partial charge in [-0.2, -0.15) is 0 Å². The van der Waals surface area contributed by atoms with Gasteiger partial charge in [0.1, 0.15) is 12.4 Å². The van der Waals surface area contributed by atoms with Crippen LogP contribution in [0.1, 0.15) is 0 Å². The number of hydrogen-bond acceptors (Lipinski definition) is 5. The largest absolute Gasteiger partial charge is 0.434 e. The summed E-state index contributed by atoms with van der Waals surface area (Å²) >= 11 is 0. The molecular weight excluding hydrogens is 248 g/mol. The highest BCUT2D eigenvalue weighted by Crippen LogP contribution is 2.07. The molecule has 8 heteroatoms. The average Bonchev–Trinajstić information content (AvgIpc) is 2.76. The number of halogens is 1. The summed E-state index contributed by atoms with van der Waals surface area (Å²) in [6.45, 7) is 4.65. The molecule has 1 aromatic rings. The van der Waals surface area contributed by atoms with E-state index < -0.39 is 4.92 Å². The van der Waals surface area contributed by atoms with Crippen molar-refractivity contribution in [2.75, 3.05) is 32.8 Å². The van der Waals surface area contributed by atoms with Gasteiger partial charge in [-0.15, -0.1) is 12.4 Å².